The highest BCUT2D eigenvalue weighted by Gasteiger charge is 2.07. The molecular formula is C14H10N2O2. The van der Waals surface area contributed by atoms with E-state index < -0.39 is 5.91 Å². The molecule has 0 unspecified atom stereocenters. The first-order valence-electron chi connectivity index (χ1n) is 5.27. The van der Waals surface area contributed by atoms with Gasteiger partial charge >= 0.3 is 0 Å². The number of amides is 1. The van der Waals surface area contributed by atoms with Crippen LogP contribution in [-0.2, 0) is 4.79 Å². The normalized spacial score (nSPS) is 10.9. The Bertz CT molecular complexity index is 633. The molecule has 0 saturated carbocycles. The van der Waals surface area contributed by atoms with E-state index in [1.165, 1.54) is 6.08 Å². The van der Waals surface area contributed by atoms with Crippen LogP contribution >= 0.6 is 0 Å². The summed E-state index contributed by atoms with van der Waals surface area (Å²) < 4.78 is 5.52. The van der Waals surface area contributed by atoms with Crippen LogP contribution < -0.4 is 5.73 Å². The van der Waals surface area contributed by atoms with Crippen molar-refractivity contribution in [3.05, 3.63) is 53.8 Å². The van der Waals surface area contributed by atoms with Crippen LogP contribution in [0.4, 0.5) is 0 Å². The molecule has 0 saturated heterocycles. The summed E-state index contributed by atoms with van der Waals surface area (Å²) >= 11 is 0. The van der Waals surface area contributed by atoms with Crippen LogP contribution in [0.3, 0.4) is 0 Å². The molecule has 1 aromatic heterocycles. The highest BCUT2D eigenvalue weighted by Crippen LogP contribution is 2.22. The zero-order chi connectivity index (χ0) is 13.0. The minimum absolute atomic E-state index is 0.135. The van der Waals surface area contributed by atoms with Crippen molar-refractivity contribution >= 4 is 12.0 Å². The van der Waals surface area contributed by atoms with Crippen molar-refractivity contribution in [3.63, 3.8) is 0 Å². The average molecular weight is 238 g/mol. The Balaban J connectivity index is 2.33. The maximum absolute atomic E-state index is 10.9. The maximum atomic E-state index is 10.9. The molecule has 1 aromatic carbocycles. The number of furan rings is 1. The Hall–Kier alpha value is -2.80. The van der Waals surface area contributed by atoms with E-state index in [9.17, 15) is 4.79 Å². The van der Waals surface area contributed by atoms with Gasteiger partial charge in [-0.25, -0.2) is 0 Å². The van der Waals surface area contributed by atoms with Crippen LogP contribution in [0.2, 0.25) is 0 Å². The number of hydrogen-bond donors (Lipinski definition) is 1. The van der Waals surface area contributed by atoms with E-state index in [0.717, 1.165) is 5.56 Å². The second-order valence-electron chi connectivity index (χ2n) is 3.60. The van der Waals surface area contributed by atoms with Crippen molar-refractivity contribution in [1.29, 1.82) is 5.26 Å². The lowest BCUT2D eigenvalue weighted by Crippen LogP contribution is -2.12. The van der Waals surface area contributed by atoms with E-state index in [-0.39, 0.29) is 5.57 Å². The molecule has 1 amide bonds. The predicted octanol–water partition coefficient (Wildman–Crippen LogP) is 2.34. The van der Waals surface area contributed by atoms with Crippen molar-refractivity contribution in [3.8, 4) is 17.4 Å². The summed E-state index contributed by atoms with van der Waals surface area (Å²) in [6.45, 7) is 0. The minimum Gasteiger partial charge on any atom is -0.457 e. The molecule has 1 heterocycles. The van der Waals surface area contributed by atoms with Gasteiger partial charge in [0.2, 0.25) is 0 Å². The molecule has 4 nitrogen and oxygen atoms in total. The van der Waals surface area contributed by atoms with Gasteiger partial charge in [0.25, 0.3) is 5.91 Å². The lowest BCUT2D eigenvalue weighted by atomic mass is 10.2. The monoisotopic (exact) mass is 238 g/mol. The van der Waals surface area contributed by atoms with Crippen molar-refractivity contribution in [2.24, 2.45) is 5.73 Å². The highest BCUT2D eigenvalue weighted by molar-refractivity contribution is 6.00. The van der Waals surface area contributed by atoms with Gasteiger partial charge in [0.05, 0.1) is 0 Å². The lowest BCUT2D eigenvalue weighted by molar-refractivity contribution is -0.114. The smallest absolute Gasteiger partial charge is 0.259 e. The summed E-state index contributed by atoms with van der Waals surface area (Å²) in [4.78, 5) is 10.9. The summed E-state index contributed by atoms with van der Waals surface area (Å²) in [7, 11) is 0. The van der Waals surface area contributed by atoms with Gasteiger partial charge < -0.3 is 10.2 Å². The van der Waals surface area contributed by atoms with Crippen molar-refractivity contribution < 1.29 is 9.21 Å². The van der Waals surface area contributed by atoms with Gasteiger partial charge in [-0.2, -0.15) is 5.26 Å². The molecule has 88 valence electrons. The van der Waals surface area contributed by atoms with E-state index in [1.54, 1.807) is 18.2 Å². The second-order valence-corrected chi connectivity index (χ2v) is 3.60. The van der Waals surface area contributed by atoms with Crippen molar-refractivity contribution in [2.45, 2.75) is 0 Å². The first-order valence-corrected chi connectivity index (χ1v) is 5.27. The third-order valence-corrected chi connectivity index (χ3v) is 2.36. The Labute approximate surface area is 104 Å². The van der Waals surface area contributed by atoms with Crippen LogP contribution in [-0.4, -0.2) is 5.91 Å². The molecular weight excluding hydrogens is 228 g/mol. The number of benzene rings is 1. The number of carbonyl (C=O) groups excluding carboxylic acids is 1. The van der Waals surface area contributed by atoms with Gasteiger partial charge in [0.15, 0.2) is 0 Å². The molecule has 0 aliphatic rings. The minimum atomic E-state index is -0.768. The van der Waals surface area contributed by atoms with Crippen LogP contribution in [0, 0.1) is 11.3 Å². The molecule has 2 N–H and O–H groups in total. The first kappa shape index (κ1) is 11.7. The molecule has 2 rings (SSSR count). The molecule has 0 spiro atoms. The fourth-order valence-corrected chi connectivity index (χ4v) is 1.49. The summed E-state index contributed by atoms with van der Waals surface area (Å²) in [5.74, 6) is 0.322. The predicted molar refractivity (Wildman–Crippen MR) is 66.9 cm³/mol. The van der Waals surface area contributed by atoms with Gasteiger partial charge in [0, 0.05) is 11.6 Å². The van der Waals surface area contributed by atoms with Crippen molar-refractivity contribution in [2.75, 3.05) is 0 Å². The summed E-state index contributed by atoms with van der Waals surface area (Å²) in [6, 6.07) is 14.7. The Morgan fingerprint density at radius 1 is 1.22 bits per heavy atom. The van der Waals surface area contributed by atoms with Crippen LogP contribution in [0.1, 0.15) is 5.76 Å². The molecule has 0 radical (unpaired) electrons. The largest absolute Gasteiger partial charge is 0.457 e. The summed E-state index contributed by atoms with van der Waals surface area (Å²) in [5, 5.41) is 8.72. The average Bonchev–Trinajstić information content (AvgIpc) is 2.85. The number of rotatable bonds is 3. The lowest BCUT2D eigenvalue weighted by Gasteiger charge is -1.95. The van der Waals surface area contributed by atoms with E-state index in [0.29, 0.717) is 11.5 Å². The number of nitrogens with two attached hydrogens (primary N) is 1. The Kier molecular flexibility index (Phi) is 3.26. The van der Waals surface area contributed by atoms with E-state index in [1.807, 2.05) is 30.3 Å². The highest BCUT2D eigenvalue weighted by atomic mass is 16.3. The van der Waals surface area contributed by atoms with E-state index in [4.69, 9.17) is 15.4 Å². The van der Waals surface area contributed by atoms with Gasteiger partial charge in [-0.05, 0) is 12.1 Å². The molecule has 0 fully saturated rings. The maximum Gasteiger partial charge on any atom is 0.259 e. The molecule has 0 aliphatic heterocycles. The number of carbonyl (C=O) groups is 1. The quantitative estimate of drug-likeness (QED) is 0.658. The Morgan fingerprint density at radius 3 is 2.56 bits per heavy atom. The molecule has 0 atom stereocenters. The van der Waals surface area contributed by atoms with Gasteiger partial charge in [-0.3, -0.25) is 4.79 Å². The van der Waals surface area contributed by atoms with Gasteiger partial charge in [-0.1, -0.05) is 30.3 Å². The second kappa shape index (κ2) is 5.02. The molecule has 0 bridgehead atoms. The first-order chi connectivity index (χ1) is 8.70. The number of nitrogens with zero attached hydrogens (tertiary/aromatic N) is 1. The standard InChI is InChI=1S/C14H10N2O2/c15-9-11(14(16)17)8-12-6-7-13(18-12)10-4-2-1-3-5-10/h1-8H,(H2,16,17)/b11-8+. The summed E-state index contributed by atoms with van der Waals surface area (Å²) in [5.41, 5.74) is 5.83. The number of nitriles is 1. The third-order valence-electron chi connectivity index (χ3n) is 2.36. The fraction of sp³-hybridized carbons (Fsp3) is 0. The van der Waals surface area contributed by atoms with E-state index in [2.05, 4.69) is 0 Å². The number of primary amides is 1. The van der Waals surface area contributed by atoms with Crippen LogP contribution in [0.5, 0.6) is 0 Å². The third kappa shape index (κ3) is 2.47. The van der Waals surface area contributed by atoms with Crippen LogP contribution in [0.15, 0.2) is 52.5 Å². The SMILES string of the molecule is N#C/C(=C\c1ccc(-c2ccccc2)o1)C(N)=O. The molecule has 18 heavy (non-hydrogen) atoms. The van der Waals surface area contributed by atoms with Gasteiger partial charge in [-0.15, -0.1) is 0 Å². The van der Waals surface area contributed by atoms with E-state index >= 15 is 0 Å². The van der Waals surface area contributed by atoms with Crippen molar-refractivity contribution in [1.82, 2.24) is 0 Å². The van der Waals surface area contributed by atoms with Gasteiger partial charge in [0.1, 0.15) is 23.2 Å². The zero-order valence-corrected chi connectivity index (χ0v) is 9.46. The topological polar surface area (TPSA) is 80.0 Å². The molecule has 4 heteroatoms. The zero-order valence-electron chi connectivity index (χ0n) is 9.46. The number of hydrogen-bond acceptors (Lipinski definition) is 3. The summed E-state index contributed by atoms with van der Waals surface area (Å²) in [6.07, 6.45) is 1.33. The fourth-order valence-electron chi connectivity index (χ4n) is 1.49. The van der Waals surface area contributed by atoms with Crippen LogP contribution in [0.25, 0.3) is 17.4 Å². The molecule has 0 aliphatic carbocycles. The molecule has 2 aromatic rings. The Morgan fingerprint density at radius 2 is 1.94 bits per heavy atom.